The van der Waals surface area contributed by atoms with E-state index in [1.54, 1.807) is 17.2 Å². The lowest BCUT2D eigenvalue weighted by Gasteiger charge is -2.36. The van der Waals surface area contributed by atoms with Gasteiger partial charge in [-0.3, -0.25) is 19.6 Å². The van der Waals surface area contributed by atoms with Crippen LogP contribution in [0.3, 0.4) is 0 Å². The van der Waals surface area contributed by atoms with Crippen LogP contribution in [0.5, 0.6) is 0 Å². The van der Waals surface area contributed by atoms with Crippen LogP contribution in [0.1, 0.15) is 96.3 Å². The van der Waals surface area contributed by atoms with Gasteiger partial charge in [0.2, 0.25) is 17.7 Å². The summed E-state index contributed by atoms with van der Waals surface area (Å²) in [5.74, 6) is 2.36. The molecule has 8 nitrogen and oxygen atoms in total. The predicted molar refractivity (Wildman–Crippen MR) is 148 cm³/mol. The van der Waals surface area contributed by atoms with Gasteiger partial charge in [-0.25, -0.2) is 5.48 Å². The molecule has 0 aromatic carbocycles. The first-order valence-corrected chi connectivity index (χ1v) is 15.8. The van der Waals surface area contributed by atoms with Gasteiger partial charge in [0.15, 0.2) is 0 Å². The van der Waals surface area contributed by atoms with E-state index in [0.717, 1.165) is 50.4 Å². The van der Waals surface area contributed by atoms with Gasteiger partial charge in [0.05, 0.1) is 0 Å². The average molecular weight is 539 g/mol. The Bertz CT molecular complexity index is 715. The summed E-state index contributed by atoms with van der Waals surface area (Å²) in [4.78, 5) is 39.9. The van der Waals surface area contributed by atoms with Crippen molar-refractivity contribution in [2.75, 3.05) is 25.6 Å². The fourth-order valence-electron chi connectivity index (χ4n) is 6.56. The third-order valence-corrected chi connectivity index (χ3v) is 10.1. The van der Waals surface area contributed by atoms with E-state index in [4.69, 9.17) is 5.21 Å². The summed E-state index contributed by atoms with van der Waals surface area (Å²) in [6, 6.07) is 0.158. The second-order valence-electron chi connectivity index (χ2n) is 11.8. The minimum Gasteiger partial charge on any atom is -0.352 e. The van der Waals surface area contributed by atoms with Crippen molar-refractivity contribution in [1.29, 1.82) is 0 Å². The maximum absolute atomic E-state index is 13.3. The van der Waals surface area contributed by atoms with Crippen molar-refractivity contribution in [3.63, 3.8) is 0 Å². The molecule has 0 aliphatic heterocycles. The van der Waals surface area contributed by atoms with Crippen molar-refractivity contribution < 1.29 is 19.6 Å². The number of nitrogens with one attached hydrogen (secondary N) is 3. The van der Waals surface area contributed by atoms with Crippen molar-refractivity contribution in [2.24, 2.45) is 17.8 Å². The molecule has 0 aromatic heterocycles. The van der Waals surface area contributed by atoms with Gasteiger partial charge in [0, 0.05) is 30.2 Å². The van der Waals surface area contributed by atoms with E-state index in [9.17, 15) is 14.4 Å². The first-order valence-electron chi connectivity index (χ1n) is 14.6. The molecule has 212 valence electrons. The number of rotatable bonds is 12. The van der Waals surface area contributed by atoms with E-state index < -0.39 is 11.9 Å². The SMILES string of the molecule is CN(C)C1CCC(C(=O)N[C@@H](CSCCCC(=O)NO)C(=O)NC2CCC(C3CCCCC3)CC2)CC1. The Labute approximate surface area is 227 Å². The summed E-state index contributed by atoms with van der Waals surface area (Å²) in [5, 5.41) is 15.0. The third kappa shape index (κ3) is 10.1. The van der Waals surface area contributed by atoms with E-state index in [2.05, 4.69) is 29.6 Å². The molecule has 0 saturated heterocycles. The quantitative estimate of drug-likeness (QED) is 0.171. The monoisotopic (exact) mass is 538 g/mol. The summed E-state index contributed by atoms with van der Waals surface area (Å²) in [5.41, 5.74) is 1.65. The third-order valence-electron chi connectivity index (χ3n) is 8.97. The number of carbonyl (C=O) groups is 3. The Hall–Kier alpha value is -1.32. The van der Waals surface area contributed by atoms with Crippen LogP contribution in [0.2, 0.25) is 0 Å². The van der Waals surface area contributed by atoms with E-state index in [0.29, 0.717) is 24.0 Å². The molecule has 4 N–H and O–H groups in total. The van der Waals surface area contributed by atoms with Gasteiger partial charge >= 0.3 is 0 Å². The zero-order valence-electron chi connectivity index (χ0n) is 23.0. The molecule has 3 saturated carbocycles. The molecule has 0 radical (unpaired) electrons. The van der Waals surface area contributed by atoms with Crippen molar-refractivity contribution in [2.45, 2.75) is 114 Å². The van der Waals surface area contributed by atoms with Gasteiger partial charge in [-0.1, -0.05) is 32.1 Å². The molecule has 3 aliphatic carbocycles. The lowest BCUT2D eigenvalue weighted by atomic mass is 9.72. The smallest absolute Gasteiger partial charge is 0.243 e. The second-order valence-corrected chi connectivity index (χ2v) is 12.9. The molecule has 0 bridgehead atoms. The van der Waals surface area contributed by atoms with E-state index in [1.165, 1.54) is 44.9 Å². The number of hydroxylamine groups is 1. The van der Waals surface area contributed by atoms with Crippen molar-refractivity contribution >= 4 is 29.5 Å². The van der Waals surface area contributed by atoms with Crippen LogP contribution in [0, 0.1) is 17.8 Å². The molecule has 3 aliphatic rings. The van der Waals surface area contributed by atoms with Gasteiger partial charge in [0.1, 0.15) is 6.04 Å². The Morgan fingerprint density at radius 1 is 0.892 bits per heavy atom. The van der Waals surface area contributed by atoms with Crippen molar-refractivity contribution in [1.82, 2.24) is 21.0 Å². The first kappa shape index (κ1) is 30.2. The van der Waals surface area contributed by atoms with E-state index in [-0.39, 0.29) is 30.2 Å². The summed E-state index contributed by atoms with van der Waals surface area (Å²) >= 11 is 1.57. The number of carbonyl (C=O) groups excluding carboxylic acids is 3. The Morgan fingerprint density at radius 2 is 1.54 bits per heavy atom. The molecule has 3 amide bonds. The normalized spacial score (nSPS) is 27.9. The fraction of sp³-hybridized carbons (Fsp3) is 0.893. The molecule has 0 heterocycles. The lowest BCUT2D eigenvalue weighted by Crippen LogP contribution is -2.53. The van der Waals surface area contributed by atoms with Crippen molar-refractivity contribution in [3.05, 3.63) is 0 Å². The molecule has 1 atom stereocenters. The Kier molecular flexibility index (Phi) is 13.0. The molecule has 0 unspecified atom stereocenters. The zero-order valence-corrected chi connectivity index (χ0v) is 23.8. The zero-order chi connectivity index (χ0) is 26.6. The molecular weight excluding hydrogens is 488 g/mol. The Balaban J connectivity index is 1.48. The average Bonchev–Trinajstić information content (AvgIpc) is 2.92. The van der Waals surface area contributed by atoms with Crippen molar-refractivity contribution in [3.8, 4) is 0 Å². The van der Waals surface area contributed by atoms with Crippen LogP contribution < -0.4 is 16.1 Å². The minimum atomic E-state index is -0.563. The number of nitrogens with zero attached hydrogens (tertiary/aromatic N) is 1. The molecule has 37 heavy (non-hydrogen) atoms. The van der Waals surface area contributed by atoms with Gasteiger partial charge in [0.25, 0.3) is 0 Å². The number of hydrogen-bond donors (Lipinski definition) is 4. The van der Waals surface area contributed by atoms with Gasteiger partial charge in [-0.05, 0) is 89.5 Å². The molecular formula is C28H50N4O4S. The molecule has 9 heteroatoms. The highest BCUT2D eigenvalue weighted by molar-refractivity contribution is 7.99. The number of thioether (sulfide) groups is 1. The largest absolute Gasteiger partial charge is 0.352 e. The topological polar surface area (TPSA) is 111 Å². The molecule has 0 spiro atoms. The molecule has 3 rings (SSSR count). The van der Waals surface area contributed by atoms with Crippen LogP contribution >= 0.6 is 11.8 Å². The van der Waals surface area contributed by atoms with E-state index in [1.807, 2.05) is 0 Å². The van der Waals surface area contributed by atoms with Crippen LogP contribution in [0.15, 0.2) is 0 Å². The Morgan fingerprint density at radius 3 is 2.16 bits per heavy atom. The number of amides is 3. The maximum Gasteiger partial charge on any atom is 0.243 e. The summed E-state index contributed by atoms with van der Waals surface area (Å²) in [7, 11) is 4.19. The van der Waals surface area contributed by atoms with Gasteiger partial charge < -0.3 is 15.5 Å². The second kappa shape index (κ2) is 15.9. The standard InChI is InChI=1S/C28H50N4O4S/c1-32(2)24-16-12-22(13-17-24)27(34)30-25(19-37-18-6-9-26(33)31-36)28(35)29-23-14-10-21(11-15-23)20-7-4-3-5-8-20/h20-25,36H,3-19H2,1-2H3,(H,29,35)(H,30,34)(H,31,33)/t21?,22?,23?,24?,25-/m0/s1. The summed E-state index contributed by atoms with van der Waals surface area (Å²) in [6.07, 6.45) is 15.9. The summed E-state index contributed by atoms with van der Waals surface area (Å²) in [6.45, 7) is 0. The summed E-state index contributed by atoms with van der Waals surface area (Å²) < 4.78 is 0. The van der Waals surface area contributed by atoms with E-state index >= 15 is 0 Å². The van der Waals surface area contributed by atoms with Crippen LogP contribution in [-0.2, 0) is 14.4 Å². The van der Waals surface area contributed by atoms with Gasteiger partial charge in [-0.15, -0.1) is 0 Å². The fourth-order valence-corrected chi connectivity index (χ4v) is 7.55. The minimum absolute atomic E-state index is 0.00128. The number of hydrogen-bond acceptors (Lipinski definition) is 6. The molecule has 3 fully saturated rings. The van der Waals surface area contributed by atoms with Crippen LogP contribution in [-0.4, -0.2) is 71.6 Å². The van der Waals surface area contributed by atoms with Crippen LogP contribution in [0.4, 0.5) is 0 Å². The predicted octanol–water partition coefficient (Wildman–Crippen LogP) is 3.87. The highest BCUT2D eigenvalue weighted by Gasteiger charge is 2.33. The van der Waals surface area contributed by atoms with Crippen LogP contribution in [0.25, 0.3) is 0 Å². The highest BCUT2D eigenvalue weighted by atomic mass is 32.2. The highest BCUT2D eigenvalue weighted by Crippen LogP contribution is 2.38. The maximum atomic E-state index is 13.3. The van der Waals surface area contributed by atoms with Gasteiger partial charge in [-0.2, -0.15) is 11.8 Å². The molecule has 0 aromatic rings. The lowest BCUT2D eigenvalue weighted by molar-refractivity contribution is -0.131. The first-order chi connectivity index (χ1) is 17.9.